The van der Waals surface area contributed by atoms with Gasteiger partial charge < -0.3 is 5.73 Å². The Morgan fingerprint density at radius 2 is 2.15 bits per heavy atom. The molecule has 0 saturated carbocycles. The number of hydrogen-bond donors (Lipinski definition) is 1. The summed E-state index contributed by atoms with van der Waals surface area (Å²) >= 11 is 4.31. The number of hydrogen-bond acceptors (Lipinski definition) is 2. The van der Waals surface area contributed by atoms with E-state index in [9.17, 15) is 8.78 Å². The lowest BCUT2D eigenvalue weighted by molar-refractivity contribution is 0.177. The molecule has 0 radical (unpaired) electrons. The van der Waals surface area contributed by atoms with Crippen LogP contribution in [0.4, 0.5) is 14.5 Å². The molecule has 2 N–H and O–H groups in total. The number of alkyl halides is 2. The molecule has 0 heterocycles. The van der Waals surface area contributed by atoms with Gasteiger partial charge in [0.25, 0.3) is 0 Å². The Kier molecular flexibility index (Phi) is 3.99. The Morgan fingerprint density at radius 1 is 1.46 bits per heavy atom. The summed E-state index contributed by atoms with van der Waals surface area (Å²) in [5.74, 6) is -0.216. The normalized spacial score (nSPS) is 10.8. The second-order valence-corrected chi connectivity index (χ2v) is 4.36. The minimum Gasteiger partial charge on any atom is -0.398 e. The minimum absolute atomic E-state index is 0.216. The Labute approximate surface area is 87.8 Å². The first-order valence-electron chi connectivity index (χ1n) is 3.55. The van der Waals surface area contributed by atoms with E-state index in [0.717, 1.165) is 16.2 Å². The van der Waals surface area contributed by atoms with E-state index in [-0.39, 0.29) is 5.75 Å². The van der Waals surface area contributed by atoms with Crippen LogP contribution in [0.15, 0.2) is 27.6 Å². The summed E-state index contributed by atoms with van der Waals surface area (Å²) in [5.41, 5.74) is 6.14. The zero-order valence-corrected chi connectivity index (χ0v) is 9.04. The Balaban J connectivity index is 2.67. The van der Waals surface area contributed by atoms with Crippen molar-refractivity contribution in [2.24, 2.45) is 0 Å². The molecule has 5 heteroatoms. The van der Waals surface area contributed by atoms with Crippen molar-refractivity contribution >= 4 is 33.4 Å². The average Bonchev–Trinajstić information content (AvgIpc) is 2.02. The average molecular weight is 268 g/mol. The molecule has 0 aliphatic heterocycles. The van der Waals surface area contributed by atoms with Crippen molar-refractivity contribution in [2.75, 3.05) is 11.5 Å². The summed E-state index contributed by atoms with van der Waals surface area (Å²) < 4.78 is 24.6. The van der Waals surface area contributed by atoms with Crippen LogP contribution in [-0.2, 0) is 0 Å². The van der Waals surface area contributed by atoms with Crippen molar-refractivity contribution in [1.82, 2.24) is 0 Å². The van der Waals surface area contributed by atoms with E-state index in [4.69, 9.17) is 5.73 Å². The molecule has 1 rings (SSSR count). The first kappa shape index (κ1) is 10.8. The molecule has 1 nitrogen and oxygen atoms in total. The van der Waals surface area contributed by atoms with Crippen LogP contribution >= 0.6 is 27.7 Å². The Bertz CT molecular complexity index is 293. The molecule has 72 valence electrons. The first-order valence-corrected chi connectivity index (χ1v) is 5.33. The predicted molar refractivity (Wildman–Crippen MR) is 55.3 cm³/mol. The van der Waals surface area contributed by atoms with Crippen LogP contribution < -0.4 is 5.73 Å². The van der Waals surface area contributed by atoms with Gasteiger partial charge in [-0.05, 0) is 18.2 Å². The predicted octanol–water partition coefficient (Wildman–Crippen LogP) is 3.39. The Hall–Kier alpha value is -0.290. The molecule has 0 unspecified atom stereocenters. The fourth-order valence-corrected chi connectivity index (χ4v) is 1.88. The third-order valence-electron chi connectivity index (χ3n) is 1.34. The molecule has 0 saturated heterocycles. The maximum atomic E-state index is 11.9. The van der Waals surface area contributed by atoms with Gasteiger partial charge in [-0.1, -0.05) is 15.9 Å². The molecule has 0 bridgehead atoms. The fourth-order valence-electron chi connectivity index (χ4n) is 0.804. The van der Waals surface area contributed by atoms with Crippen molar-refractivity contribution < 1.29 is 8.78 Å². The molecule has 0 aliphatic rings. The van der Waals surface area contributed by atoms with Crippen LogP contribution in [0.2, 0.25) is 0 Å². The van der Waals surface area contributed by atoms with Gasteiger partial charge in [0.2, 0.25) is 6.43 Å². The maximum Gasteiger partial charge on any atom is 0.247 e. The number of thioether (sulfide) groups is 1. The molecule has 1 aromatic carbocycles. The highest BCUT2D eigenvalue weighted by molar-refractivity contribution is 9.10. The topological polar surface area (TPSA) is 26.0 Å². The zero-order valence-electron chi connectivity index (χ0n) is 6.64. The summed E-state index contributed by atoms with van der Waals surface area (Å²) in [5, 5.41) is 0. The monoisotopic (exact) mass is 267 g/mol. The van der Waals surface area contributed by atoms with Gasteiger partial charge >= 0.3 is 0 Å². The highest BCUT2D eigenvalue weighted by Gasteiger charge is 2.06. The van der Waals surface area contributed by atoms with Crippen molar-refractivity contribution in [2.45, 2.75) is 11.3 Å². The van der Waals surface area contributed by atoms with Crippen molar-refractivity contribution in [1.29, 1.82) is 0 Å². The largest absolute Gasteiger partial charge is 0.398 e. The summed E-state index contributed by atoms with van der Waals surface area (Å²) in [6.07, 6.45) is -2.30. The quantitative estimate of drug-likeness (QED) is 0.671. The lowest BCUT2D eigenvalue weighted by atomic mass is 10.3. The van der Waals surface area contributed by atoms with E-state index in [1.165, 1.54) is 0 Å². The summed E-state index contributed by atoms with van der Waals surface area (Å²) in [4.78, 5) is 0.698. The van der Waals surface area contributed by atoms with Crippen LogP contribution in [0.3, 0.4) is 0 Å². The molecule has 0 amide bonds. The van der Waals surface area contributed by atoms with E-state index in [2.05, 4.69) is 15.9 Å². The molecule has 0 atom stereocenters. The number of anilines is 1. The number of nitrogens with two attached hydrogens (primary N) is 1. The van der Waals surface area contributed by atoms with Crippen molar-refractivity contribution in [3.05, 3.63) is 22.7 Å². The van der Waals surface area contributed by atoms with E-state index < -0.39 is 6.43 Å². The van der Waals surface area contributed by atoms with Crippen LogP contribution in [0.1, 0.15) is 0 Å². The minimum atomic E-state index is -2.30. The zero-order chi connectivity index (χ0) is 9.84. The van der Waals surface area contributed by atoms with Gasteiger partial charge in [-0.25, -0.2) is 8.78 Å². The van der Waals surface area contributed by atoms with Crippen molar-refractivity contribution in [3.8, 4) is 0 Å². The van der Waals surface area contributed by atoms with Gasteiger partial charge in [0.05, 0.1) is 5.75 Å². The molecule has 0 aliphatic carbocycles. The molecule has 1 aromatic rings. The smallest absolute Gasteiger partial charge is 0.247 e. The van der Waals surface area contributed by atoms with Crippen LogP contribution in [0.5, 0.6) is 0 Å². The second-order valence-electron chi connectivity index (χ2n) is 2.38. The highest BCUT2D eigenvalue weighted by Crippen LogP contribution is 2.28. The van der Waals surface area contributed by atoms with E-state index >= 15 is 0 Å². The van der Waals surface area contributed by atoms with E-state index in [0.29, 0.717) is 10.6 Å². The SMILES string of the molecule is Nc1cc(Br)ccc1SCC(F)F. The third-order valence-corrected chi connectivity index (χ3v) is 2.93. The number of nitrogen functional groups attached to an aromatic ring is 1. The molecule has 0 spiro atoms. The van der Waals surface area contributed by atoms with Gasteiger partial charge in [-0.2, -0.15) is 0 Å². The Morgan fingerprint density at radius 3 is 2.69 bits per heavy atom. The second kappa shape index (κ2) is 4.81. The van der Waals surface area contributed by atoms with Gasteiger partial charge in [-0.15, -0.1) is 11.8 Å². The van der Waals surface area contributed by atoms with E-state index in [1.54, 1.807) is 18.2 Å². The van der Waals surface area contributed by atoms with Crippen LogP contribution in [-0.4, -0.2) is 12.2 Å². The highest BCUT2D eigenvalue weighted by atomic mass is 79.9. The molecule has 0 aromatic heterocycles. The summed E-state index contributed by atoms with van der Waals surface area (Å²) in [6.45, 7) is 0. The lowest BCUT2D eigenvalue weighted by Crippen LogP contribution is -1.95. The van der Waals surface area contributed by atoms with Gasteiger partial charge in [-0.3, -0.25) is 0 Å². The van der Waals surface area contributed by atoms with E-state index in [1.807, 2.05) is 0 Å². The third kappa shape index (κ3) is 3.52. The number of benzene rings is 1. The lowest BCUT2D eigenvalue weighted by Gasteiger charge is -2.04. The van der Waals surface area contributed by atoms with Gasteiger partial charge in [0, 0.05) is 15.1 Å². The summed E-state index contributed by atoms with van der Waals surface area (Å²) in [7, 11) is 0. The number of rotatable bonds is 3. The molecule has 0 fully saturated rings. The number of halogens is 3. The summed E-state index contributed by atoms with van der Waals surface area (Å²) in [6, 6.07) is 5.21. The van der Waals surface area contributed by atoms with Crippen LogP contribution in [0.25, 0.3) is 0 Å². The maximum absolute atomic E-state index is 11.9. The van der Waals surface area contributed by atoms with Crippen LogP contribution in [0, 0.1) is 0 Å². The van der Waals surface area contributed by atoms with Gasteiger partial charge in [0.1, 0.15) is 0 Å². The first-order chi connectivity index (χ1) is 6.09. The van der Waals surface area contributed by atoms with Crippen molar-refractivity contribution in [3.63, 3.8) is 0 Å². The molecular weight excluding hydrogens is 260 g/mol. The fraction of sp³-hybridized carbons (Fsp3) is 0.250. The standard InChI is InChI=1S/C8H8BrF2NS/c9-5-1-2-7(6(12)3-5)13-4-8(10)11/h1-3,8H,4,12H2. The molecule has 13 heavy (non-hydrogen) atoms. The molecular formula is C8H8BrF2NS. The van der Waals surface area contributed by atoms with Gasteiger partial charge in [0.15, 0.2) is 0 Å².